The molecule has 0 spiro atoms. The summed E-state index contributed by atoms with van der Waals surface area (Å²) in [5.41, 5.74) is 7.12. The Labute approximate surface area is 119 Å². The number of piperidine rings is 1. The molecule has 1 aliphatic heterocycles. The maximum atomic E-state index is 5.62. The van der Waals surface area contributed by atoms with E-state index in [1.165, 1.54) is 25.8 Å². The third-order valence-corrected chi connectivity index (χ3v) is 3.73. The lowest BCUT2D eigenvalue weighted by atomic mass is 10.0. The lowest BCUT2D eigenvalue weighted by molar-refractivity contribution is 0.194. The van der Waals surface area contributed by atoms with Gasteiger partial charge in [-0.05, 0) is 39.4 Å². The first-order chi connectivity index (χ1) is 9.06. The van der Waals surface area contributed by atoms with Crippen LogP contribution in [-0.2, 0) is 0 Å². The molecule has 1 fully saturated rings. The van der Waals surface area contributed by atoms with Crippen molar-refractivity contribution < 1.29 is 0 Å². The molecule has 1 atom stereocenters. The van der Waals surface area contributed by atoms with Crippen LogP contribution in [0.3, 0.4) is 0 Å². The largest absolute Gasteiger partial charge is 0.388 e. The van der Waals surface area contributed by atoms with Gasteiger partial charge >= 0.3 is 0 Å². The summed E-state index contributed by atoms with van der Waals surface area (Å²) in [6.07, 6.45) is 3.81. The van der Waals surface area contributed by atoms with Gasteiger partial charge in [0.15, 0.2) is 0 Å². The monoisotopic (exact) mass is 279 g/mol. The molecule has 104 valence electrons. The van der Waals surface area contributed by atoms with E-state index in [4.69, 9.17) is 18.0 Å². The molecule has 1 aromatic heterocycles. The zero-order chi connectivity index (χ0) is 13.8. The number of likely N-dealkylation sites (tertiary alicyclic amines) is 1. The summed E-state index contributed by atoms with van der Waals surface area (Å²) in [6.45, 7) is 3.94. The molecule has 5 nitrogen and oxygen atoms in total. The Kier molecular flexibility index (Phi) is 4.66. The van der Waals surface area contributed by atoms with Crippen LogP contribution in [0.15, 0.2) is 6.07 Å². The molecular formula is C13H21N5S. The van der Waals surface area contributed by atoms with E-state index < -0.39 is 0 Å². The zero-order valence-corrected chi connectivity index (χ0v) is 12.3. The van der Waals surface area contributed by atoms with E-state index in [1.54, 1.807) is 6.07 Å². The number of rotatable bonds is 4. The van der Waals surface area contributed by atoms with Gasteiger partial charge in [-0.1, -0.05) is 18.6 Å². The van der Waals surface area contributed by atoms with Gasteiger partial charge in [0, 0.05) is 18.3 Å². The average Bonchev–Trinajstić information content (AvgIpc) is 2.37. The molecule has 1 aromatic rings. The molecule has 1 unspecified atom stereocenters. The number of aromatic nitrogens is 2. The zero-order valence-electron chi connectivity index (χ0n) is 11.5. The van der Waals surface area contributed by atoms with E-state index in [0.29, 0.717) is 22.7 Å². The van der Waals surface area contributed by atoms with Gasteiger partial charge in [-0.2, -0.15) is 0 Å². The van der Waals surface area contributed by atoms with Crippen molar-refractivity contribution in [2.45, 2.75) is 32.2 Å². The summed E-state index contributed by atoms with van der Waals surface area (Å²) in [6, 6.07) is 2.35. The number of anilines is 1. The van der Waals surface area contributed by atoms with Crippen LogP contribution in [-0.4, -0.2) is 46.0 Å². The van der Waals surface area contributed by atoms with Crippen LogP contribution < -0.4 is 11.1 Å². The van der Waals surface area contributed by atoms with Crippen molar-refractivity contribution in [3.8, 4) is 0 Å². The highest BCUT2D eigenvalue weighted by molar-refractivity contribution is 7.80. The Bertz CT molecular complexity index is 462. The number of nitrogens with two attached hydrogens (primary N) is 1. The fourth-order valence-electron chi connectivity index (χ4n) is 2.38. The maximum Gasteiger partial charge on any atom is 0.223 e. The summed E-state index contributed by atoms with van der Waals surface area (Å²) < 4.78 is 0. The molecule has 0 aromatic carbocycles. The molecule has 0 bridgehead atoms. The van der Waals surface area contributed by atoms with Crippen molar-refractivity contribution in [1.82, 2.24) is 14.9 Å². The number of nitrogens with zero attached hydrogens (tertiary/aromatic N) is 3. The van der Waals surface area contributed by atoms with Gasteiger partial charge in [0.05, 0.1) is 0 Å². The van der Waals surface area contributed by atoms with Crippen LogP contribution in [0.2, 0.25) is 0 Å². The van der Waals surface area contributed by atoms with Gasteiger partial charge < -0.3 is 16.0 Å². The first-order valence-corrected chi connectivity index (χ1v) is 7.06. The first kappa shape index (κ1) is 14.1. The highest BCUT2D eigenvalue weighted by Crippen LogP contribution is 2.15. The number of hydrogen-bond acceptors (Lipinski definition) is 5. The van der Waals surface area contributed by atoms with E-state index in [2.05, 4.69) is 27.2 Å². The Morgan fingerprint density at radius 1 is 1.53 bits per heavy atom. The second kappa shape index (κ2) is 6.25. The highest BCUT2D eigenvalue weighted by Gasteiger charge is 2.18. The smallest absolute Gasteiger partial charge is 0.223 e. The molecule has 1 saturated heterocycles. The third-order valence-electron chi connectivity index (χ3n) is 3.52. The molecule has 2 heterocycles. The Balaban J connectivity index is 2.00. The van der Waals surface area contributed by atoms with Gasteiger partial charge in [-0.25, -0.2) is 9.97 Å². The van der Waals surface area contributed by atoms with Crippen LogP contribution in [0.1, 0.15) is 30.7 Å². The van der Waals surface area contributed by atoms with E-state index in [1.807, 2.05) is 6.92 Å². The number of likely N-dealkylation sites (N-methyl/N-ethyl adjacent to an activating group) is 1. The number of nitrogens with one attached hydrogen (secondary N) is 1. The van der Waals surface area contributed by atoms with Crippen molar-refractivity contribution in [3.63, 3.8) is 0 Å². The predicted octanol–water partition coefficient (Wildman–Crippen LogP) is 1.32. The molecule has 0 radical (unpaired) electrons. The van der Waals surface area contributed by atoms with Crippen LogP contribution >= 0.6 is 12.2 Å². The Morgan fingerprint density at radius 2 is 2.32 bits per heavy atom. The van der Waals surface area contributed by atoms with Crippen molar-refractivity contribution >= 4 is 23.2 Å². The lowest BCUT2D eigenvalue weighted by Gasteiger charge is -2.32. The Morgan fingerprint density at radius 3 is 3.00 bits per heavy atom. The summed E-state index contributed by atoms with van der Waals surface area (Å²) in [7, 11) is 2.17. The minimum atomic E-state index is 0.309. The molecule has 0 aliphatic carbocycles. The molecular weight excluding hydrogens is 258 g/mol. The van der Waals surface area contributed by atoms with Crippen LogP contribution in [0.5, 0.6) is 0 Å². The summed E-state index contributed by atoms with van der Waals surface area (Å²) in [4.78, 5) is 11.4. The fraction of sp³-hybridized carbons (Fsp3) is 0.615. The van der Waals surface area contributed by atoms with Crippen molar-refractivity contribution in [1.29, 1.82) is 0 Å². The number of hydrogen-bond donors (Lipinski definition) is 2. The first-order valence-electron chi connectivity index (χ1n) is 6.66. The fourth-order valence-corrected chi connectivity index (χ4v) is 2.49. The Hall–Kier alpha value is -1.27. The SMILES string of the molecule is Cc1cc(C(N)=S)nc(NCC2CCCCN2C)n1. The van der Waals surface area contributed by atoms with Gasteiger partial charge in [0.1, 0.15) is 10.7 Å². The molecule has 19 heavy (non-hydrogen) atoms. The van der Waals surface area contributed by atoms with Crippen molar-refractivity contribution in [2.75, 3.05) is 25.5 Å². The third kappa shape index (κ3) is 3.84. The van der Waals surface area contributed by atoms with Gasteiger partial charge in [-0.3, -0.25) is 0 Å². The van der Waals surface area contributed by atoms with Crippen LogP contribution in [0, 0.1) is 6.92 Å². The molecule has 0 amide bonds. The van der Waals surface area contributed by atoms with E-state index in [-0.39, 0.29) is 0 Å². The molecule has 3 N–H and O–H groups in total. The van der Waals surface area contributed by atoms with Crippen LogP contribution in [0.4, 0.5) is 5.95 Å². The van der Waals surface area contributed by atoms with Crippen molar-refractivity contribution in [2.24, 2.45) is 5.73 Å². The second-order valence-electron chi connectivity index (χ2n) is 5.09. The van der Waals surface area contributed by atoms with Gasteiger partial charge in [-0.15, -0.1) is 0 Å². The quantitative estimate of drug-likeness (QED) is 0.810. The summed E-state index contributed by atoms with van der Waals surface area (Å²) in [5, 5.41) is 3.30. The van der Waals surface area contributed by atoms with E-state index >= 15 is 0 Å². The predicted molar refractivity (Wildman–Crippen MR) is 81.4 cm³/mol. The minimum absolute atomic E-state index is 0.309. The molecule has 0 saturated carbocycles. The average molecular weight is 279 g/mol. The van der Waals surface area contributed by atoms with E-state index in [0.717, 1.165) is 12.2 Å². The summed E-state index contributed by atoms with van der Waals surface area (Å²) >= 11 is 4.96. The standard InChI is InChI=1S/C13H21N5S/c1-9-7-11(12(14)19)17-13(16-9)15-8-10-5-3-4-6-18(10)2/h7,10H,3-6,8H2,1-2H3,(H2,14,19)(H,15,16,17). The lowest BCUT2D eigenvalue weighted by Crippen LogP contribution is -2.41. The number of thiocarbonyl (C=S) groups is 1. The molecule has 1 aliphatic rings. The van der Waals surface area contributed by atoms with Crippen molar-refractivity contribution in [3.05, 3.63) is 17.5 Å². The summed E-state index contributed by atoms with van der Waals surface area (Å²) in [5.74, 6) is 0.613. The normalized spacial score (nSPS) is 20.2. The van der Waals surface area contributed by atoms with Gasteiger partial charge in [0.25, 0.3) is 0 Å². The van der Waals surface area contributed by atoms with Crippen LogP contribution in [0.25, 0.3) is 0 Å². The topological polar surface area (TPSA) is 67.1 Å². The number of aryl methyl sites for hydroxylation is 1. The maximum absolute atomic E-state index is 5.62. The second-order valence-corrected chi connectivity index (χ2v) is 5.53. The molecule has 2 rings (SSSR count). The van der Waals surface area contributed by atoms with Gasteiger partial charge in [0.2, 0.25) is 5.95 Å². The highest BCUT2D eigenvalue weighted by atomic mass is 32.1. The molecule has 6 heteroatoms. The minimum Gasteiger partial charge on any atom is -0.388 e. The van der Waals surface area contributed by atoms with E-state index in [9.17, 15) is 0 Å².